The number of aliphatic carboxylic acids is 1. The summed E-state index contributed by atoms with van der Waals surface area (Å²) in [5.41, 5.74) is 0.744. The van der Waals surface area contributed by atoms with Gasteiger partial charge in [0.2, 0.25) is 0 Å². The molecule has 1 aliphatic heterocycles. The van der Waals surface area contributed by atoms with E-state index in [-0.39, 0.29) is 22.9 Å². The quantitative estimate of drug-likeness (QED) is 0.494. The van der Waals surface area contributed by atoms with Gasteiger partial charge in [0, 0.05) is 17.5 Å². The summed E-state index contributed by atoms with van der Waals surface area (Å²) in [6, 6.07) is 1.78. The monoisotopic (exact) mass is 431 g/mol. The molecule has 1 N–H and O–H groups in total. The molecule has 5 nitrogen and oxygen atoms in total. The lowest BCUT2D eigenvalue weighted by molar-refractivity contribution is -0.141. The second-order valence-electron chi connectivity index (χ2n) is 9.13. The fraction of sp³-hybridized carbons (Fsp3) is 0.600. The lowest BCUT2D eigenvalue weighted by Gasteiger charge is -2.31. The van der Waals surface area contributed by atoms with Gasteiger partial charge in [-0.25, -0.2) is 9.18 Å². The highest BCUT2D eigenvalue weighted by Gasteiger charge is 2.40. The molecule has 3 rings (SSSR count). The van der Waals surface area contributed by atoms with Gasteiger partial charge in [-0.15, -0.1) is 6.58 Å². The number of amides is 1. The van der Waals surface area contributed by atoms with Crippen LogP contribution < -0.4 is 4.74 Å². The first-order valence-corrected chi connectivity index (χ1v) is 11.4. The second-order valence-corrected chi connectivity index (χ2v) is 9.13. The van der Waals surface area contributed by atoms with E-state index < -0.39 is 23.7 Å². The minimum absolute atomic E-state index is 0.0484. The summed E-state index contributed by atoms with van der Waals surface area (Å²) < 4.78 is 21.3. The van der Waals surface area contributed by atoms with Gasteiger partial charge in [-0.2, -0.15) is 0 Å². The number of carboxylic acid groups (broad SMARTS) is 1. The molecule has 1 saturated heterocycles. The molecule has 2 fully saturated rings. The molecule has 170 valence electrons. The van der Waals surface area contributed by atoms with Gasteiger partial charge in [-0.05, 0) is 69.4 Å². The Balaban J connectivity index is 1.90. The number of rotatable bonds is 10. The Kier molecular flexibility index (Phi) is 7.07. The molecule has 0 aromatic heterocycles. The maximum Gasteiger partial charge on any atom is 0.326 e. The minimum Gasteiger partial charge on any atom is -0.493 e. The molecule has 0 bridgehead atoms. The molecule has 1 heterocycles. The third-order valence-electron chi connectivity index (χ3n) is 7.15. The number of carboxylic acids is 1. The van der Waals surface area contributed by atoms with Crippen LogP contribution >= 0.6 is 0 Å². The van der Waals surface area contributed by atoms with E-state index in [1.807, 2.05) is 13.0 Å². The van der Waals surface area contributed by atoms with Crippen molar-refractivity contribution >= 4 is 11.9 Å². The van der Waals surface area contributed by atoms with Crippen LogP contribution in [-0.2, 0) is 4.79 Å². The van der Waals surface area contributed by atoms with Gasteiger partial charge in [0.05, 0.1) is 12.2 Å². The molecular weight excluding hydrogens is 397 g/mol. The molecule has 1 aliphatic carbocycles. The van der Waals surface area contributed by atoms with E-state index >= 15 is 4.39 Å². The second kappa shape index (κ2) is 9.41. The van der Waals surface area contributed by atoms with Crippen molar-refractivity contribution in [1.29, 1.82) is 0 Å². The van der Waals surface area contributed by atoms with Gasteiger partial charge in [-0.1, -0.05) is 19.9 Å². The summed E-state index contributed by atoms with van der Waals surface area (Å²) in [4.78, 5) is 26.1. The number of carbonyl (C=O) groups is 2. The van der Waals surface area contributed by atoms with Crippen molar-refractivity contribution in [2.75, 3.05) is 6.61 Å². The highest BCUT2D eigenvalue weighted by molar-refractivity contribution is 5.98. The Labute approximate surface area is 184 Å². The fourth-order valence-electron chi connectivity index (χ4n) is 4.62. The molecule has 1 aromatic rings. The van der Waals surface area contributed by atoms with E-state index in [4.69, 9.17) is 4.74 Å². The third-order valence-corrected chi connectivity index (χ3v) is 7.15. The maximum absolute atomic E-state index is 15.1. The molecule has 1 aromatic carbocycles. The fourth-order valence-corrected chi connectivity index (χ4v) is 4.62. The van der Waals surface area contributed by atoms with Gasteiger partial charge in [0.15, 0.2) is 0 Å². The first-order chi connectivity index (χ1) is 14.8. The van der Waals surface area contributed by atoms with Crippen LogP contribution in [0.1, 0.15) is 87.6 Å². The third kappa shape index (κ3) is 4.78. The summed E-state index contributed by atoms with van der Waals surface area (Å²) in [7, 11) is 0. The van der Waals surface area contributed by atoms with E-state index in [0.29, 0.717) is 25.2 Å². The smallest absolute Gasteiger partial charge is 0.326 e. The number of halogens is 1. The van der Waals surface area contributed by atoms with Crippen LogP contribution in [0.15, 0.2) is 24.8 Å². The largest absolute Gasteiger partial charge is 0.493 e. The van der Waals surface area contributed by atoms with Crippen molar-refractivity contribution in [3.63, 3.8) is 0 Å². The average molecular weight is 432 g/mol. The molecule has 1 amide bonds. The zero-order chi connectivity index (χ0) is 22.8. The molecule has 31 heavy (non-hydrogen) atoms. The number of carbonyl (C=O) groups excluding carboxylic acids is 1. The Morgan fingerprint density at radius 2 is 1.94 bits per heavy atom. The standard InChI is InChI=1S/C25H34FNO4/c1-5-12-25(6-2,7-3)15-31-22-14-20(26)19(13-18(22)17-9-10-17)23(28)27-16(4)8-11-21(27)24(29)30/h5,13-14,16-17,21H,1,6-12,15H2,2-4H3,(H,29,30)/t16-,21+/m1/s1. The Bertz CT molecular complexity index is 844. The van der Waals surface area contributed by atoms with Crippen molar-refractivity contribution in [1.82, 2.24) is 4.90 Å². The summed E-state index contributed by atoms with van der Waals surface area (Å²) in [5.74, 6) is -1.50. The Morgan fingerprint density at radius 1 is 1.26 bits per heavy atom. The number of allylic oxidation sites excluding steroid dienone is 1. The summed E-state index contributed by atoms with van der Waals surface area (Å²) in [6.45, 7) is 10.4. The van der Waals surface area contributed by atoms with Crippen LogP contribution in [0.5, 0.6) is 5.75 Å². The molecule has 0 spiro atoms. The van der Waals surface area contributed by atoms with Crippen molar-refractivity contribution in [2.45, 2.75) is 83.7 Å². The zero-order valence-electron chi connectivity index (χ0n) is 18.8. The van der Waals surface area contributed by atoms with Crippen LogP contribution in [0.2, 0.25) is 0 Å². The van der Waals surface area contributed by atoms with Crippen LogP contribution in [-0.4, -0.2) is 40.6 Å². The molecule has 1 saturated carbocycles. The topological polar surface area (TPSA) is 66.8 Å². The molecular formula is C25H34FNO4. The van der Waals surface area contributed by atoms with Gasteiger partial charge < -0.3 is 14.7 Å². The van der Waals surface area contributed by atoms with Gasteiger partial charge in [-0.3, -0.25) is 4.79 Å². The van der Waals surface area contributed by atoms with Crippen molar-refractivity contribution in [3.05, 3.63) is 41.7 Å². The predicted molar refractivity (Wildman–Crippen MR) is 118 cm³/mol. The molecule has 2 atom stereocenters. The zero-order valence-corrected chi connectivity index (χ0v) is 18.8. The lowest BCUT2D eigenvalue weighted by Crippen LogP contribution is -2.44. The van der Waals surface area contributed by atoms with Crippen molar-refractivity contribution < 1.29 is 23.8 Å². The minimum atomic E-state index is -1.04. The SMILES string of the molecule is C=CCC(CC)(CC)COc1cc(F)c(C(=O)N2[C@H](C)CC[C@H]2C(=O)O)cc1C1CC1. The van der Waals surface area contributed by atoms with E-state index in [0.717, 1.165) is 37.7 Å². The predicted octanol–water partition coefficient (Wildman–Crippen LogP) is 5.54. The van der Waals surface area contributed by atoms with E-state index in [1.54, 1.807) is 6.07 Å². The number of benzene rings is 1. The number of hydrogen-bond acceptors (Lipinski definition) is 3. The molecule has 0 unspecified atom stereocenters. The van der Waals surface area contributed by atoms with Crippen LogP contribution in [0.3, 0.4) is 0 Å². The molecule has 6 heteroatoms. The first kappa shape index (κ1) is 23.3. The van der Waals surface area contributed by atoms with Crippen LogP contribution in [0, 0.1) is 11.2 Å². The Hall–Kier alpha value is -2.37. The molecule has 2 aliphatic rings. The van der Waals surface area contributed by atoms with Gasteiger partial charge >= 0.3 is 5.97 Å². The highest BCUT2D eigenvalue weighted by atomic mass is 19.1. The van der Waals surface area contributed by atoms with E-state index in [2.05, 4.69) is 20.4 Å². The number of nitrogens with zero attached hydrogens (tertiary/aromatic N) is 1. The van der Waals surface area contributed by atoms with E-state index in [9.17, 15) is 14.7 Å². The van der Waals surface area contributed by atoms with Gasteiger partial charge in [0.1, 0.15) is 17.6 Å². The maximum atomic E-state index is 15.1. The van der Waals surface area contributed by atoms with E-state index in [1.165, 1.54) is 11.0 Å². The van der Waals surface area contributed by atoms with Gasteiger partial charge in [0.25, 0.3) is 5.91 Å². The van der Waals surface area contributed by atoms with Crippen molar-refractivity contribution in [2.24, 2.45) is 5.41 Å². The van der Waals surface area contributed by atoms with Crippen LogP contribution in [0.25, 0.3) is 0 Å². The lowest BCUT2D eigenvalue weighted by atomic mass is 9.80. The normalized spacial score (nSPS) is 21.2. The average Bonchev–Trinajstić information content (AvgIpc) is 3.51. The molecule has 0 radical (unpaired) electrons. The van der Waals surface area contributed by atoms with Crippen molar-refractivity contribution in [3.8, 4) is 5.75 Å². The Morgan fingerprint density at radius 3 is 2.48 bits per heavy atom. The summed E-state index contributed by atoms with van der Waals surface area (Å²) in [6.07, 6.45) is 7.52. The summed E-state index contributed by atoms with van der Waals surface area (Å²) >= 11 is 0. The first-order valence-electron chi connectivity index (χ1n) is 11.4. The summed E-state index contributed by atoms with van der Waals surface area (Å²) in [5, 5.41) is 9.49. The highest BCUT2D eigenvalue weighted by Crippen LogP contribution is 2.46. The number of ether oxygens (including phenoxy) is 1. The number of likely N-dealkylation sites (tertiary alicyclic amines) is 1. The number of hydrogen-bond donors (Lipinski definition) is 1. The van der Waals surface area contributed by atoms with Crippen LogP contribution in [0.4, 0.5) is 4.39 Å².